The number of nitrogens with zero attached hydrogens (tertiary/aromatic N) is 5. The lowest BCUT2D eigenvalue weighted by atomic mass is 9.96. The molecule has 2 aromatic heterocycles. The lowest BCUT2D eigenvalue weighted by Crippen LogP contribution is -2.31. The van der Waals surface area contributed by atoms with E-state index in [9.17, 15) is 14.0 Å². The van der Waals surface area contributed by atoms with Crippen molar-refractivity contribution in [2.24, 2.45) is 0 Å². The number of halogens is 3. The van der Waals surface area contributed by atoms with Gasteiger partial charge >= 0.3 is 0 Å². The third-order valence-electron chi connectivity index (χ3n) is 4.72. The fraction of sp³-hybridized carbons (Fsp3) is 0.400. The molecule has 162 valence electrons. The monoisotopic (exact) mass is 448 g/mol. The molecule has 31 heavy (non-hydrogen) atoms. The van der Waals surface area contributed by atoms with E-state index in [1.165, 1.54) is 7.11 Å². The van der Waals surface area contributed by atoms with Gasteiger partial charge in [-0.2, -0.15) is 10.5 Å². The summed E-state index contributed by atoms with van der Waals surface area (Å²) < 4.78 is 35.0. The quantitative estimate of drug-likeness (QED) is 0.484. The van der Waals surface area contributed by atoms with Gasteiger partial charge in [-0.25, -0.2) is 18.7 Å². The topological polar surface area (TPSA) is 107 Å². The van der Waals surface area contributed by atoms with Gasteiger partial charge in [-0.05, 0) is 23.6 Å². The third-order valence-corrected chi connectivity index (χ3v) is 5.00. The van der Waals surface area contributed by atoms with Crippen LogP contribution in [0.3, 0.4) is 0 Å². The first-order valence-corrected chi connectivity index (χ1v) is 9.73. The highest BCUT2D eigenvalue weighted by molar-refractivity contribution is 6.30. The molecule has 3 rings (SSSR count). The highest BCUT2D eigenvalue weighted by atomic mass is 35.5. The smallest absolute Gasteiger partial charge is 0.272 e. The molecule has 1 aliphatic heterocycles. The van der Waals surface area contributed by atoms with Crippen LogP contribution in [-0.4, -0.2) is 48.1 Å². The third kappa shape index (κ3) is 5.29. The summed E-state index contributed by atoms with van der Waals surface area (Å²) >= 11 is 6.19. The molecule has 0 saturated heterocycles. The van der Waals surface area contributed by atoms with Crippen LogP contribution < -0.4 is 14.8 Å². The van der Waals surface area contributed by atoms with E-state index in [1.54, 1.807) is 12.3 Å². The lowest BCUT2D eigenvalue weighted by Gasteiger charge is -2.30. The molecule has 0 spiro atoms. The second-order valence-electron chi connectivity index (χ2n) is 6.72. The van der Waals surface area contributed by atoms with Crippen LogP contribution in [-0.2, 0) is 19.5 Å². The minimum Gasteiger partial charge on any atom is -0.491 e. The maximum atomic E-state index is 12.4. The van der Waals surface area contributed by atoms with Gasteiger partial charge in [0.15, 0.2) is 12.4 Å². The Morgan fingerprint density at radius 1 is 1.35 bits per heavy atom. The van der Waals surface area contributed by atoms with Crippen LogP contribution in [0.4, 0.5) is 14.6 Å². The molecule has 1 N–H and O–H groups in total. The van der Waals surface area contributed by atoms with Crippen molar-refractivity contribution in [3.05, 3.63) is 39.7 Å². The Morgan fingerprint density at radius 2 is 2.16 bits per heavy atom. The average Bonchev–Trinajstić information content (AvgIpc) is 2.76. The number of hydrogen-bond donors (Lipinski definition) is 1. The summed E-state index contributed by atoms with van der Waals surface area (Å²) in [4.78, 5) is 10.4. The second kappa shape index (κ2) is 10.2. The number of nitrogens with one attached hydrogen (secondary N) is 1. The molecule has 0 saturated carbocycles. The van der Waals surface area contributed by atoms with Crippen LogP contribution in [0.2, 0.25) is 5.15 Å². The average molecular weight is 449 g/mol. The summed E-state index contributed by atoms with van der Waals surface area (Å²) in [6.45, 7) is 0.933. The minimum absolute atomic E-state index is 0.00775. The van der Waals surface area contributed by atoms with E-state index < -0.39 is 13.0 Å². The summed E-state index contributed by atoms with van der Waals surface area (Å²) in [5.74, 6) is 0.793. The molecular formula is C20H19ClF2N6O2. The molecule has 1 aliphatic rings. The van der Waals surface area contributed by atoms with Gasteiger partial charge in [0, 0.05) is 31.4 Å². The zero-order valence-corrected chi connectivity index (χ0v) is 17.4. The summed E-state index contributed by atoms with van der Waals surface area (Å²) in [5.41, 5.74) is 2.76. The van der Waals surface area contributed by atoms with Crippen LogP contribution in [0.15, 0.2) is 12.3 Å². The molecule has 8 nitrogen and oxygen atoms in total. The number of fused-ring (bicyclic) bond motifs is 1. The fourth-order valence-electron chi connectivity index (χ4n) is 3.39. The highest BCUT2D eigenvalue weighted by Gasteiger charge is 2.25. The van der Waals surface area contributed by atoms with Crippen LogP contribution in [0.5, 0.6) is 11.6 Å². The molecule has 3 heterocycles. The molecule has 0 atom stereocenters. The summed E-state index contributed by atoms with van der Waals surface area (Å²) in [5, 5.41) is 21.4. The van der Waals surface area contributed by atoms with Crippen molar-refractivity contribution >= 4 is 17.4 Å². The van der Waals surface area contributed by atoms with Crippen molar-refractivity contribution in [3.8, 4) is 23.8 Å². The zero-order valence-electron chi connectivity index (χ0n) is 16.7. The van der Waals surface area contributed by atoms with Gasteiger partial charge in [0.1, 0.15) is 23.6 Å². The Hall–Kier alpha value is -3.21. The van der Waals surface area contributed by atoms with Crippen LogP contribution >= 0.6 is 11.6 Å². The van der Waals surface area contributed by atoms with Crippen molar-refractivity contribution in [1.82, 2.24) is 14.9 Å². The van der Waals surface area contributed by atoms with Gasteiger partial charge < -0.3 is 14.8 Å². The summed E-state index contributed by atoms with van der Waals surface area (Å²) in [6.07, 6.45) is -0.450. The molecule has 0 radical (unpaired) electrons. The summed E-state index contributed by atoms with van der Waals surface area (Å²) in [7, 11) is 1.41. The van der Waals surface area contributed by atoms with Crippen LogP contribution in [0.25, 0.3) is 0 Å². The van der Waals surface area contributed by atoms with Crippen molar-refractivity contribution in [3.63, 3.8) is 0 Å². The van der Waals surface area contributed by atoms with Crippen molar-refractivity contribution < 1.29 is 18.3 Å². The van der Waals surface area contributed by atoms with Gasteiger partial charge in [0.25, 0.3) is 12.3 Å². The number of anilines is 1. The fourth-order valence-corrected chi connectivity index (χ4v) is 3.63. The van der Waals surface area contributed by atoms with E-state index in [4.69, 9.17) is 26.3 Å². The molecule has 0 fully saturated rings. The van der Waals surface area contributed by atoms with Crippen molar-refractivity contribution in [2.75, 3.05) is 32.1 Å². The Bertz CT molecular complexity index is 1040. The Balaban J connectivity index is 1.80. The predicted octanol–water partition coefficient (Wildman–Crippen LogP) is 3.15. The van der Waals surface area contributed by atoms with Gasteiger partial charge in [-0.1, -0.05) is 11.6 Å². The standard InChI is InChI=1S/C20H19ClF2N6O2/c1-30-16-6-12(8-27-20(16)31-11-17(22)23)9-29-5-2-13-15(10-29)14(7-25)18(21)28-19(13)26-4-3-24/h6,8,17H,2,4-5,9-11H2,1H3,(H,26,28). The molecule has 11 heteroatoms. The van der Waals surface area contributed by atoms with E-state index >= 15 is 0 Å². The first-order valence-electron chi connectivity index (χ1n) is 9.35. The van der Waals surface area contributed by atoms with Gasteiger partial charge in [0.2, 0.25) is 0 Å². The van der Waals surface area contributed by atoms with Gasteiger partial charge in [-0.3, -0.25) is 4.90 Å². The van der Waals surface area contributed by atoms with Crippen molar-refractivity contribution in [1.29, 1.82) is 10.5 Å². The Labute approximate surface area is 183 Å². The summed E-state index contributed by atoms with van der Waals surface area (Å²) in [6, 6.07) is 5.81. The maximum Gasteiger partial charge on any atom is 0.272 e. The molecule has 0 unspecified atom stereocenters. The molecule has 0 amide bonds. The van der Waals surface area contributed by atoms with Crippen LogP contribution in [0.1, 0.15) is 22.3 Å². The van der Waals surface area contributed by atoms with Gasteiger partial charge in [0.05, 0.1) is 18.7 Å². The highest BCUT2D eigenvalue weighted by Crippen LogP contribution is 2.33. The van der Waals surface area contributed by atoms with E-state index in [0.717, 1.165) is 16.7 Å². The zero-order chi connectivity index (χ0) is 22.4. The van der Waals surface area contributed by atoms with Gasteiger partial charge in [-0.15, -0.1) is 0 Å². The second-order valence-corrected chi connectivity index (χ2v) is 7.08. The SMILES string of the molecule is COc1cc(CN2CCc3c(NCC#N)nc(Cl)c(C#N)c3C2)cnc1OCC(F)F. The number of nitriles is 2. The van der Waals surface area contributed by atoms with E-state index in [-0.39, 0.29) is 23.3 Å². The molecule has 0 aromatic carbocycles. The van der Waals surface area contributed by atoms with Crippen LogP contribution in [0, 0.1) is 22.7 Å². The van der Waals surface area contributed by atoms with E-state index in [2.05, 4.69) is 26.3 Å². The molecular weight excluding hydrogens is 430 g/mol. The number of methoxy groups -OCH3 is 1. The molecule has 0 aliphatic carbocycles. The van der Waals surface area contributed by atoms with E-state index in [0.29, 0.717) is 37.4 Å². The molecule has 0 bridgehead atoms. The largest absolute Gasteiger partial charge is 0.491 e. The first kappa shape index (κ1) is 22.5. The predicted molar refractivity (Wildman–Crippen MR) is 108 cm³/mol. The molecule has 2 aromatic rings. The number of alkyl halides is 2. The number of pyridine rings is 2. The minimum atomic E-state index is -2.61. The first-order chi connectivity index (χ1) is 15.0. The van der Waals surface area contributed by atoms with E-state index in [1.807, 2.05) is 6.07 Å². The Morgan fingerprint density at radius 3 is 2.84 bits per heavy atom. The van der Waals surface area contributed by atoms with Crippen molar-refractivity contribution in [2.45, 2.75) is 25.9 Å². The Kier molecular flexibility index (Phi) is 7.40. The number of rotatable bonds is 8. The number of ether oxygens (including phenoxy) is 2. The number of hydrogen-bond acceptors (Lipinski definition) is 8. The lowest BCUT2D eigenvalue weighted by molar-refractivity contribution is 0.0779. The maximum absolute atomic E-state index is 12.4. The number of aromatic nitrogens is 2. The normalized spacial score (nSPS) is 13.3.